The third kappa shape index (κ3) is 2.78. The minimum atomic E-state index is 0.672. The molecular formula is C14H18N2O2. The number of ether oxygens (including phenoxy) is 2. The van der Waals surface area contributed by atoms with Crippen molar-refractivity contribution in [3.05, 3.63) is 36.0 Å². The van der Waals surface area contributed by atoms with Crippen molar-refractivity contribution in [1.29, 1.82) is 0 Å². The Labute approximate surface area is 107 Å². The van der Waals surface area contributed by atoms with E-state index in [1.807, 2.05) is 24.4 Å². The molecule has 0 fully saturated rings. The normalized spacial score (nSPS) is 10.8. The Morgan fingerprint density at radius 3 is 2.67 bits per heavy atom. The number of nitrogens with zero attached hydrogens (tertiary/aromatic N) is 1. The first-order valence-corrected chi connectivity index (χ1v) is 5.97. The Bertz CT molecular complexity index is 514. The molecular weight excluding hydrogens is 228 g/mol. The van der Waals surface area contributed by atoms with Crippen molar-refractivity contribution in [2.75, 3.05) is 27.4 Å². The van der Waals surface area contributed by atoms with Gasteiger partial charge in [0, 0.05) is 31.8 Å². The average molecular weight is 246 g/mol. The Morgan fingerprint density at radius 1 is 1.17 bits per heavy atom. The van der Waals surface area contributed by atoms with E-state index in [9.17, 15) is 0 Å². The molecule has 0 radical (unpaired) electrons. The van der Waals surface area contributed by atoms with Gasteiger partial charge in [-0.2, -0.15) is 0 Å². The maximum Gasteiger partial charge on any atom is 0.221 e. The molecule has 1 N–H and O–H groups in total. The van der Waals surface area contributed by atoms with Crippen LogP contribution in [0.2, 0.25) is 0 Å². The summed E-state index contributed by atoms with van der Waals surface area (Å²) < 4.78 is 10.3. The molecule has 1 aromatic carbocycles. The molecule has 0 saturated heterocycles. The lowest BCUT2D eigenvalue weighted by atomic mass is 10.1. The quantitative estimate of drug-likeness (QED) is 0.791. The second-order valence-corrected chi connectivity index (χ2v) is 4.01. The summed E-state index contributed by atoms with van der Waals surface area (Å²) >= 11 is 0. The monoisotopic (exact) mass is 246 g/mol. The van der Waals surface area contributed by atoms with E-state index in [-0.39, 0.29) is 0 Å². The molecule has 0 aliphatic heterocycles. The molecule has 18 heavy (non-hydrogen) atoms. The number of aromatic nitrogens is 1. The van der Waals surface area contributed by atoms with E-state index >= 15 is 0 Å². The fourth-order valence-corrected chi connectivity index (χ4v) is 1.93. The second-order valence-electron chi connectivity index (χ2n) is 4.01. The highest BCUT2D eigenvalue weighted by Crippen LogP contribution is 2.25. The van der Waals surface area contributed by atoms with E-state index in [4.69, 9.17) is 9.47 Å². The summed E-state index contributed by atoms with van der Waals surface area (Å²) in [7, 11) is 3.34. The Balaban J connectivity index is 2.23. The number of hydrogen-bond acceptors (Lipinski definition) is 4. The van der Waals surface area contributed by atoms with Gasteiger partial charge in [0.05, 0.1) is 13.7 Å². The van der Waals surface area contributed by atoms with Gasteiger partial charge in [0.1, 0.15) is 0 Å². The highest BCUT2D eigenvalue weighted by atomic mass is 16.5. The molecule has 2 rings (SSSR count). The maximum absolute atomic E-state index is 5.27. The van der Waals surface area contributed by atoms with Crippen molar-refractivity contribution in [1.82, 2.24) is 10.3 Å². The third-order valence-electron chi connectivity index (χ3n) is 2.83. The number of methoxy groups -OCH3 is 2. The molecule has 0 bridgehead atoms. The van der Waals surface area contributed by atoms with E-state index in [2.05, 4.69) is 16.4 Å². The summed E-state index contributed by atoms with van der Waals surface area (Å²) in [5.41, 5.74) is 1.17. The van der Waals surface area contributed by atoms with Crippen molar-refractivity contribution in [3.8, 4) is 5.88 Å². The summed E-state index contributed by atoms with van der Waals surface area (Å²) in [4.78, 5) is 4.33. The smallest absolute Gasteiger partial charge is 0.221 e. The van der Waals surface area contributed by atoms with Crippen molar-refractivity contribution < 1.29 is 9.47 Å². The zero-order valence-electron chi connectivity index (χ0n) is 10.8. The number of benzene rings is 1. The molecule has 0 spiro atoms. The van der Waals surface area contributed by atoms with Crippen LogP contribution in [-0.4, -0.2) is 32.4 Å². The van der Waals surface area contributed by atoms with Crippen molar-refractivity contribution in [2.45, 2.75) is 6.54 Å². The molecule has 2 aromatic rings. The molecule has 0 saturated carbocycles. The van der Waals surface area contributed by atoms with Gasteiger partial charge >= 0.3 is 0 Å². The molecule has 4 nitrogen and oxygen atoms in total. The van der Waals surface area contributed by atoms with Gasteiger partial charge in [0.2, 0.25) is 5.88 Å². The summed E-state index contributed by atoms with van der Waals surface area (Å²) in [6.07, 6.45) is 1.86. The highest BCUT2D eigenvalue weighted by Gasteiger charge is 2.06. The van der Waals surface area contributed by atoms with Gasteiger partial charge in [0.25, 0.3) is 0 Å². The van der Waals surface area contributed by atoms with Crippen LogP contribution in [0.25, 0.3) is 10.8 Å². The number of fused-ring (bicyclic) bond motifs is 1. The predicted octanol–water partition coefficient (Wildman–Crippen LogP) is 1.98. The Kier molecular flexibility index (Phi) is 4.50. The van der Waals surface area contributed by atoms with Crippen LogP contribution >= 0.6 is 0 Å². The van der Waals surface area contributed by atoms with Crippen LogP contribution in [0.1, 0.15) is 5.56 Å². The predicted molar refractivity (Wildman–Crippen MR) is 71.9 cm³/mol. The topological polar surface area (TPSA) is 43.4 Å². The molecule has 1 heterocycles. The fourth-order valence-electron chi connectivity index (χ4n) is 1.93. The van der Waals surface area contributed by atoms with Gasteiger partial charge in [-0.05, 0) is 17.0 Å². The lowest BCUT2D eigenvalue weighted by molar-refractivity contribution is 0.199. The SMILES string of the molecule is COCCNCc1cnc(OC)c2ccccc12. The number of hydrogen-bond donors (Lipinski definition) is 1. The molecule has 0 aliphatic carbocycles. The Morgan fingerprint density at radius 2 is 1.94 bits per heavy atom. The molecule has 0 unspecified atom stereocenters. The summed E-state index contributed by atoms with van der Waals surface area (Å²) in [6, 6.07) is 8.14. The largest absolute Gasteiger partial charge is 0.481 e. The number of pyridine rings is 1. The van der Waals surface area contributed by atoms with E-state index in [0.29, 0.717) is 12.5 Å². The van der Waals surface area contributed by atoms with Gasteiger partial charge in [-0.1, -0.05) is 18.2 Å². The van der Waals surface area contributed by atoms with Gasteiger partial charge < -0.3 is 14.8 Å². The Hall–Kier alpha value is -1.65. The molecule has 0 aliphatic rings. The molecule has 0 atom stereocenters. The van der Waals surface area contributed by atoms with E-state index in [0.717, 1.165) is 18.5 Å². The standard InChI is InChI=1S/C14H18N2O2/c1-17-8-7-15-9-11-10-16-14(18-2)13-6-4-3-5-12(11)13/h3-6,10,15H,7-9H2,1-2H3. The number of rotatable bonds is 6. The zero-order chi connectivity index (χ0) is 12.8. The second kappa shape index (κ2) is 6.33. The van der Waals surface area contributed by atoms with Crippen LogP contribution in [0.5, 0.6) is 5.88 Å². The minimum Gasteiger partial charge on any atom is -0.481 e. The lowest BCUT2D eigenvalue weighted by Crippen LogP contribution is -2.18. The first-order chi connectivity index (χ1) is 8.86. The highest BCUT2D eigenvalue weighted by molar-refractivity contribution is 5.89. The summed E-state index contributed by atoms with van der Waals surface area (Å²) in [5, 5.41) is 5.55. The van der Waals surface area contributed by atoms with Crippen molar-refractivity contribution in [2.24, 2.45) is 0 Å². The number of nitrogens with one attached hydrogen (secondary N) is 1. The van der Waals surface area contributed by atoms with Crippen LogP contribution in [-0.2, 0) is 11.3 Å². The summed E-state index contributed by atoms with van der Waals surface area (Å²) in [5.74, 6) is 0.672. The fraction of sp³-hybridized carbons (Fsp3) is 0.357. The van der Waals surface area contributed by atoms with E-state index in [1.54, 1.807) is 14.2 Å². The lowest BCUT2D eigenvalue weighted by Gasteiger charge is -2.10. The first-order valence-electron chi connectivity index (χ1n) is 5.97. The van der Waals surface area contributed by atoms with Gasteiger partial charge in [0.15, 0.2) is 0 Å². The van der Waals surface area contributed by atoms with Crippen LogP contribution in [0.3, 0.4) is 0 Å². The molecule has 0 amide bonds. The maximum atomic E-state index is 5.27. The van der Waals surface area contributed by atoms with Crippen LogP contribution in [0, 0.1) is 0 Å². The average Bonchev–Trinajstić information content (AvgIpc) is 2.43. The van der Waals surface area contributed by atoms with Gasteiger partial charge in [-0.25, -0.2) is 4.98 Å². The van der Waals surface area contributed by atoms with E-state index in [1.165, 1.54) is 10.9 Å². The van der Waals surface area contributed by atoms with Crippen LogP contribution < -0.4 is 10.1 Å². The third-order valence-corrected chi connectivity index (χ3v) is 2.83. The first kappa shape index (κ1) is 12.8. The minimum absolute atomic E-state index is 0.672. The van der Waals surface area contributed by atoms with E-state index < -0.39 is 0 Å². The summed E-state index contributed by atoms with van der Waals surface area (Å²) in [6.45, 7) is 2.32. The molecule has 4 heteroatoms. The van der Waals surface area contributed by atoms with Crippen molar-refractivity contribution in [3.63, 3.8) is 0 Å². The molecule has 96 valence electrons. The van der Waals surface area contributed by atoms with Gasteiger partial charge in [-0.3, -0.25) is 0 Å². The van der Waals surface area contributed by atoms with Crippen LogP contribution in [0.15, 0.2) is 30.5 Å². The zero-order valence-corrected chi connectivity index (χ0v) is 10.8. The van der Waals surface area contributed by atoms with Crippen molar-refractivity contribution >= 4 is 10.8 Å². The van der Waals surface area contributed by atoms with Gasteiger partial charge in [-0.15, -0.1) is 0 Å². The van der Waals surface area contributed by atoms with Crippen LogP contribution in [0.4, 0.5) is 0 Å². The molecule has 1 aromatic heterocycles.